The van der Waals surface area contributed by atoms with E-state index >= 15 is 0 Å². The Morgan fingerprint density at radius 2 is 1.95 bits per heavy atom. The summed E-state index contributed by atoms with van der Waals surface area (Å²) in [4.78, 5) is 0. The minimum atomic E-state index is -0.218. The van der Waals surface area contributed by atoms with Gasteiger partial charge >= 0.3 is 0 Å². The molecule has 1 aliphatic heterocycles. The van der Waals surface area contributed by atoms with Crippen molar-refractivity contribution >= 4 is 0 Å². The Hall–Kier alpha value is -2.07. The molecule has 0 saturated heterocycles. The molecule has 116 valence electrons. The Bertz CT molecular complexity index is 655. The number of rotatable bonds is 4. The lowest BCUT2D eigenvalue weighted by Gasteiger charge is -2.28. The van der Waals surface area contributed by atoms with Crippen LogP contribution in [0.5, 0.6) is 11.5 Å². The van der Waals surface area contributed by atoms with Crippen LogP contribution < -0.4 is 14.8 Å². The molecule has 0 amide bonds. The third-order valence-electron chi connectivity index (χ3n) is 3.98. The first kappa shape index (κ1) is 14.9. The molecule has 0 fully saturated rings. The topological polar surface area (TPSA) is 30.5 Å². The number of nitrogens with one attached hydrogen (secondary N) is 1. The van der Waals surface area contributed by atoms with Gasteiger partial charge in [0.25, 0.3) is 0 Å². The van der Waals surface area contributed by atoms with Crippen molar-refractivity contribution in [2.45, 2.75) is 19.4 Å². The molecule has 1 atom stereocenters. The van der Waals surface area contributed by atoms with E-state index in [1.807, 2.05) is 25.1 Å². The Labute approximate surface area is 130 Å². The number of hydrogen-bond donors (Lipinski definition) is 1. The molecule has 0 spiro atoms. The van der Waals surface area contributed by atoms with E-state index in [2.05, 4.69) is 11.4 Å². The molecule has 0 radical (unpaired) electrons. The van der Waals surface area contributed by atoms with Gasteiger partial charge in [-0.25, -0.2) is 4.39 Å². The molecule has 0 bridgehead atoms. The van der Waals surface area contributed by atoms with Crippen LogP contribution in [0.15, 0.2) is 36.4 Å². The fourth-order valence-electron chi connectivity index (χ4n) is 2.94. The van der Waals surface area contributed by atoms with E-state index in [1.54, 1.807) is 7.11 Å². The third-order valence-corrected chi connectivity index (χ3v) is 3.98. The molecule has 1 N–H and O–H groups in total. The van der Waals surface area contributed by atoms with Crippen molar-refractivity contribution in [2.24, 2.45) is 0 Å². The van der Waals surface area contributed by atoms with Gasteiger partial charge in [0.15, 0.2) is 11.5 Å². The van der Waals surface area contributed by atoms with Crippen molar-refractivity contribution in [3.63, 3.8) is 0 Å². The average Bonchev–Trinajstić information content (AvgIpc) is 2.55. The Balaban J connectivity index is 2.03. The lowest BCUT2D eigenvalue weighted by atomic mass is 9.89. The van der Waals surface area contributed by atoms with Gasteiger partial charge in [0.05, 0.1) is 19.8 Å². The largest absolute Gasteiger partial charge is 0.493 e. The third kappa shape index (κ3) is 2.79. The standard InChI is InChI=1S/C18H20FNO2/c1-3-22-17-10-13-8-9-20-18(15(13)11-16(17)21-2)12-4-6-14(19)7-5-12/h4-7,10-11,18,20H,3,8-9H2,1-2H3. The zero-order chi connectivity index (χ0) is 15.5. The Morgan fingerprint density at radius 3 is 2.64 bits per heavy atom. The molecule has 2 aromatic carbocycles. The van der Waals surface area contributed by atoms with E-state index < -0.39 is 0 Å². The van der Waals surface area contributed by atoms with Gasteiger partial charge in [-0.15, -0.1) is 0 Å². The van der Waals surface area contributed by atoms with Crippen LogP contribution in [0, 0.1) is 5.82 Å². The minimum absolute atomic E-state index is 0.0499. The monoisotopic (exact) mass is 301 g/mol. The van der Waals surface area contributed by atoms with Gasteiger partial charge in [0.1, 0.15) is 5.82 Å². The van der Waals surface area contributed by atoms with Gasteiger partial charge in [-0.3, -0.25) is 0 Å². The summed E-state index contributed by atoms with van der Waals surface area (Å²) >= 11 is 0. The van der Waals surface area contributed by atoms with Crippen LogP contribution in [0.25, 0.3) is 0 Å². The smallest absolute Gasteiger partial charge is 0.161 e. The number of hydrogen-bond acceptors (Lipinski definition) is 3. The highest BCUT2D eigenvalue weighted by atomic mass is 19.1. The van der Waals surface area contributed by atoms with Crippen LogP contribution in [0.3, 0.4) is 0 Å². The molecule has 3 nitrogen and oxygen atoms in total. The second-order valence-electron chi connectivity index (χ2n) is 5.32. The van der Waals surface area contributed by atoms with Gasteiger partial charge in [0, 0.05) is 6.54 Å². The molecular formula is C18H20FNO2. The van der Waals surface area contributed by atoms with E-state index in [-0.39, 0.29) is 11.9 Å². The van der Waals surface area contributed by atoms with Gasteiger partial charge < -0.3 is 14.8 Å². The van der Waals surface area contributed by atoms with Gasteiger partial charge in [0.2, 0.25) is 0 Å². The molecule has 0 aromatic heterocycles. The molecule has 3 rings (SSSR count). The second-order valence-corrected chi connectivity index (χ2v) is 5.32. The van der Waals surface area contributed by atoms with E-state index in [1.165, 1.54) is 17.7 Å². The average molecular weight is 301 g/mol. The maximum absolute atomic E-state index is 13.1. The summed E-state index contributed by atoms with van der Waals surface area (Å²) in [6.07, 6.45) is 0.942. The molecule has 1 aliphatic rings. The lowest BCUT2D eigenvalue weighted by Crippen LogP contribution is -2.30. The number of methoxy groups -OCH3 is 1. The van der Waals surface area contributed by atoms with Crippen molar-refractivity contribution in [3.05, 3.63) is 58.9 Å². The molecule has 1 unspecified atom stereocenters. The highest BCUT2D eigenvalue weighted by Gasteiger charge is 2.23. The van der Waals surface area contributed by atoms with Crippen molar-refractivity contribution in [2.75, 3.05) is 20.3 Å². The van der Waals surface area contributed by atoms with Crippen LogP contribution in [-0.4, -0.2) is 20.3 Å². The number of benzene rings is 2. The summed E-state index contributed by atoms with van der Waals surface area (Å²) in [7, 11) is 1.65. The number of ether oxygens (including phenoxy) is 2. The first-order chi connectivity index (χ1) is 10.7. The molecular weight excluding hydrogens is 281 g/mol. The molecule has 1 heterocycles. The van der Waals surface area contributed by atoms with E-state index in [0.29, 0.717) is 6.61 Å². The Morgan fingerprint density at radius 1 is 1.18 bits per heavy atom. The van der Waals surface area contributed by atoms with Crippen molar-refractivity contribution in [1.82, 2.24) is 5.32 Å². The van der Waals surface area contributed by atoms with Crippen LogP contribution >= 0.6 is 0 Å². The zero-order valence-corrected chi connectivity index (χ0v) is 12.9. The maximum atomic E-state index is 13.1. The van der Waals surface area contributed by atoms with Crippen LogP contribution in [-0.2, 0) is 6.42 Å². The van der Waals surface area contributed by atoms with Gasteiger partial charge in [-0.05, 0) is 54.3 Å². The van der Waals surface area contributed by atoms with Gasteiger partial charge in [-0.1, -0.05) is 12.1 Å². The quantitative estimate of drug-likeness (QED) is 0.938. The molecule has 2 aromatic rings. The Kier molecular flexibility index (Phi) is 4.29. The van der Waals surface area contributed by atoms with Crippen molar-refractivity contribution < 1.29 is 13.9 Å². The fourth-order valence-corrected chi connectivity index (χ4v) is 2.94. The fraction of sp³-hybridized carbons (Fsp3) is 0.333. The van der Waals surface area contributed by atoms with Crippen LogP contribution in [0.4, 0.5) is 4.39 Å². The molecule has 0 saturated carbocycles. The summed E-state index contributed by atoms with van der Waals surface area (Å²) in [5.41, 5.74) is 3.46. The number of fused-ring (bicyclic) bond motifs is 1. The lowest BCUT2D eigenvalue weighted by molar-refractivity contribution is 0.309. The minimum Gasteiger partial charge on any atom is -0.493 e. The highest BCUT2D eigenvalue weighted by molar-refractivity contribution is 5.51. The first-order valence-corrected chi connectivity index (χ1v) is 7.55. The molecule has 22 heavy (non-hydrogen) atoms. The second kappa shape index (κ2) is 6.36. The summed E-state index contributed by atoms with van der Waals surface area (Å²) in [5, 5.41) is 3.49. The molecule has 4 heteroatoms. The SMILES string of the molecule is CCOc1cc2c(cc1OC)C(c1ccc(F)cc1)NCC2. The summed E-state index contributed by atoms with van der Waals surface area (Å²) in [5.74, 6) is 1.30. The predicted molar refractivity (Wildman–Crippen MR) is 84.1 cm³/mol. The van der Waals surface area contributed by atoms with Crippen LogP contribution in [0.1, 0.15) is 29.7 Å². The summed E-state index contributed by atoms with van der Waals surface area (Å²) in [6, 6.07) is 10.8. The maximum Gasteiger partial charge on any atom is 0.161 e. The first-order valence-electron chi connectivity index (χ1n) is 7.55. The van der Waals surface area contributed by atoms with Crippen molar-refractivity contribution in [1.29, 1.82) is 0 Å². The number of halogens is 1. The molecule has 0 aliphatic carbocycles. The predicted octanol–water partition coefficient (Wildman–Crippen LogP) is 3.47. The van der Waals surface area contributed by atoms with E-state index in [0.717, 1.165) is 35.6 Å². The van der Waals surface area contributed by atoms with Crippen LogP contribution in [0.2, 0.25) is 0 Å². The summed E-state index contributed by atoms with van der Waals surface area (Å²) < 4.78 is 24.3. The van der Waals surface area contributed by atoms with Gasteiger partial charge in [-0.2, -0.15) is 0 Å². The highest BCUT2D eigenvalue weighted by Crippen LogP contribution is 2.37. The van der Waals surface area contributed by atoms with Crippen molar-refractivity contribution in [3.8, 4) is 11.5 Å². The zero-order valence-electron chi connectivity index (χ0n) is 12.9. The summed E-state index contributed by atoms with van der Waals surface area (Å²) in [6.45, 7) is 3.45. The van der Waals surface area contributed by atoms with E-state index in [9.17, 15) is 4.39 Å². The van der Waals surface area contributed by atoms with E-state index in [4.69, 9.17) is 9.47 Å². The normalized spacial score (nSPS) is 17.0.